The lowest BCUT2D eigenvalue weighted by Gasteiger charge is -2.09. The number of fused-ring (bicyclic) bond motifs is 1. The average Bonchev–Trinajstić information content (AvgIpc) is 3.02. The van der Waals surface area contributed by atoms with Gasteiger partial charge in [-0.3, -0.25) is 19.5 Å². The van der Waals surface area contributed by atoms with Gasteiger partial charge >= 0.3 is 0 Å². The standard InChI is InChI=1S/C18H15FN4O3S/c1-2-9-20-17(24)11-27-18-21-15-10-14(23(25)26)7-8-16(15)22(18)13-5-3-12(19)4-6-13/h2-8,10H,1,9,11H2,(H,20,24). The van der Waals surface area contributed by atoms with E-state index in [1.807, 2.05) is 0 Å². The van der Waals surface area contributed by atoms with Crippen LogP contribution in [0.25, 0.3) is 16.7 Å². The summed E-state index contributed by atoms with van der Waals surface area (Å²) in [6, 6.07) is 10.1. The molecule has 0 spiro atoms. The number of halogens is 1. The van der Waals surface area contributed by atoms with Gasteiger partial charge < -0.3 is 5.32 Å². The molecular weight excluding hydrogens is 371 g/mol. The number of benzene rings is 2. The van der Waals surface area contributed by atoms with Gasteiger partial charge in [-0.1, -0.05) is 17.8 Å². The molecule has 1 N–H and O–H groups in total. The number of amides is 1. The minimum absolute atomic E-state index is 0.0773. The van der Waals surface area contributed by atoms with Crippen molar-refractivity contribution in [1.82, 2.24) is 14.9 Å². The van der Waals surface area contributed by atoms with Gasteiger partial charge in [0.25, 0.3) is 5.69 Å². The first-order valence-corrected chi connectivity index (χ1v) is 8.91. The van der Waals surface area contributed by atoms with Crippen LogP contribution in [-0.4, -0.2) is 32.7 Å². The molecule has 0 aliphatic carbocycles. The molecule has 7 nitrogen and oxygen atoms in total. The molecule has 0 unspecified atom stereocenters. The highest BCUT2D eigenvalue weighted by Gasteiger charge is 2.17. The summed E-state index contributed by atoms with van der Waals surface area (Å²) in [6.45, 7) is 3.90. The second-order valence-corrected chi connectivity index (χ2v) is 6.46. The summed E-state index contributed by atoms with van der Waals surface area (Å²) in [5.74, 6) is -0.458. The Morgan fingerprint density at radius 3 is 2.74 bits per heavy atom. The first-order chi connectivity index (χ1) is 13.0. The highest BCUT2D eigenvalue weighted by Crippen LogP contribution is 2.30. The van der Waals surface area contributed by atoms with E-state index in [1.54, 1.807) is 28.8 Å². The van der Waals surface area contributed by atoms with Crippen molar-refractivity contribution in [2.24, 2.45) is 0 Å². The maximum absolute atomic E-state index is 13.3. The Labute approximate surface area is 158 Å². The van der Waals surface area contributed by atoms with Crippen molar-refractivity contribution in [3.63, 3.8) is 0 Å². The van der Waals surface area contributed by atoms with Crippen molar-refractivity contribution in [1.29, 1.82) is 0 Å². The number of imidazole rings is 1. The largest absolute Gasteiger partial charge is 0.352 e. The number of nitrogens with one attached hydrogen (secondary N) is 1. The number of rotatable bonds is 7. The number of hydrogen-bond acceptors (Lipinski definition) is 5. The lowest BCUT2D eigenvalue weighted by Crippen LogP contribution is -2.25. The van der Waals surface area contributed by atoms with Crippen LogP contribution in [0, 0.1) is 15.9 Å². The summed E-state index contributed by atoms with van der Waals surface area (Å²) < 4.78 is 15.0. The molecule has 138 valence electrons. The minimum atomic E-state index is -0.494. The van der Waals surface area contributed by atoms with E-state index in [4.69, 9.17) is 0 Å². The zero-order valence-electron chi connectivity index (χ0n) is 14.1. The summed E-state index contributed by atoms with van der Waals surface area (Å²) in [5.41, 5.74) is 1.61. The van der Waals surface area contributed by atoms with Crippen LogP contribution in [0.4, 0.5) is 10.1 Å². The molecule has 3 aromatic rings. The zero-order valence-corrected chi connectivity index (χ0v) is 14.9. The second-order valence-electron chi connectivity index (χ2n) is 5.52. The van der Waals surface area contributed by atoms with Crippen LogP contribution in [-0.2, 0) is 4.79 Å². The van der Waals surface area contributed by atoms with Crippen LogP contribution < -0.4 is 5.32 Å². The van der Waals surface area contributed by atoms with Crippen molar-refractivity contribution in [3.8, 4) is 5.69 Å². The number of nitro groups is 1. The van der Waals surface area contributed by atoms with Crippen LogP contribution in [0.3, 0.4) is 0 Å². The van der Waals surface area contributed by atoms with Crippen molar-refractivity contribution in [3.05, 3.63) is 71.1 Å². The Balaban J connectivity index is 2.02. The molecule has 1 aromatic heterocycles. The van der Waals surface area contributed by atoms with Crippen molar-refractivity contribution in [2.75, 3.05) is 12.3 Å². The lowest BCUT2D eigenvalue weighted by atomic mass is 10.2. The molecular formula is C18H15FN4O3S. The van der Waals surface area contributed by atoms with Crippen LogP contribution in [0.2, 0.25) is 0 Å². The number of thioether (sulfide) groups is 1. The number of hydrogen-bond donors (Lipinski definition) is 1. The highest BCUT2D eigenvalue weighted by molar-refractivity contribution is 7.99. The second kappa shape index (κ2) is 8.00. The fourth-order valence-electron chi connectivity index (χ4n) is 2.46. The SMILES string of the molecule is C=CCNC(=O)CSc1nc2cc([N+](=O)[O-])ccc2n1-c1ccc(F)cc1. The Morgan fingerprint density at radius 2 is 2.07 bits per heavy atom. The molecule has 0 bridgehead atoms. The molecule has 0 atom stereocenters. The molecule has 0 saturated heterocycles. The summed E-state index contributed by atoms with van der Waals surface area (Å²) in [6.07, 6.45) is 1.58. The Morgan fingerprint density at radius 1 is 1.33 bits per heavy atom. The van der Waals surface area contributed by atoms with Gasteiger partial charge in [-0.25, -0.2) is 9.37 Å². The molecule has 0 aliphatic heterocycles. The van der Waals surface area contributed by atoms with Gasteiger partial charge in [0.05, 0.1) is 21.7 Å². The van der Waals surface area contributed by atoms with Gasteiger partial charge in [-0.2, -0.15) is 0 Å². The summed E-state index contributed by atoms with van der Waals surface area (Å²) in [5, 5.41) is 14.2. The number of carbonyl (C=O) groups excluding carboxylic acids is 1. The van der Waals surface area contributed by atoms with Gasteiger partial charge in [-0.15, -0.1) is 6.58 Å². The predicted octanol–water partition coefficient (Wildman–Crippen LogP) is 3.47. The fourth-order valence-corrected chi connectivity index (χ4v) is 3.32. The summed E-state index contributed by atoms with van der Waals surface area (Å²) in [7, 11) is 0. The monoisotopic (exact) mass is 386 g/mol. The van der Waals surface area contributed by atoms with Crippen LogP contribution in [0.1, 0.15) is 0 Å². The Bertz CT molecular complexity index is 1020. The molecule has 27 heavy (non-hydrogen) atoms. The number of non-ortho nitro benzene ring substituents is 1. The van der Waals surface area contributed by atoms with Crippen molar-refractivity contribution in [2.45, 2.75) is 5.16 Å². The van der Waals surface area contributed by atoms with Crippen molar-refractivity contribution >= 4 is 34.4 Å². The molecule has 1 heterocycles. The summed E-state index contributed by atoms with van der Waals surface area (Å²) >= 11 is 1.19. The number of aromatic nitrogens is 2. The number of nitro benzene ring substituents is 1. The number of carbonyl (C=O) groups is 1. The quantitative estimate of drug-likeness (QED) is 0.291. The molecule has 2 aromatic carbocycles. The maximum atomic E-state index is 13.3. The highest BCUT2D eigenvalue weighted by atomic mass is 32.2. The first-order valence-electron chi connectivity index (χ1n) is 7.93. The third-order valence-corrected chi connectivity index (χ3v) is 4.62. The summed E-state index contributed by atoms with van der Waals surface area (Å²) in [4.78, 5) is 26.8. The van der Waals surface area contributed by atoms with Crippen LogP contribution >= 0.6 is 11.8 Å². The van der Waals surface area contributed by atoms with Crippen LogP contribution in [0.5, 0.6) is 0 Å². The smallest absolute Gasteiger partial charge is 0.271 e. The van der Waals surface area contributed by atoms with E-state index in [9.17, 15) is 19.3 Å². The fraction of sp³-hybridized carbons (Fsp3) is 0.111. The van der Waals surface area contributed by atoms with Gasteiger partial charge in [-0.05, 0) is 30.3 Å². The minimum Gasteiger partial charge on any atom is -0.352 e. The molecule has 0 radical (unpaired) electrons. The zero-order chi connectivity index (χ0) is 19.4. The Hall–Kier alpha value is -3.20. The van der Waals surface area contributed by atoms with Crippen LogP contribution in [0.15, 0.2) is 60.3 Å². The predicted molar refractivity (Wildman–Crippen MR) is 102 cm³/mol. The van der Waals surface area contributed by atoms with E-state index in [0.717, 1.165) is 0 Å². The van der Waals surface area contributed by atoms with E-state index in [0.29, 0.717) is 28.4 Å². The van der Waals surface area contributed by atoms with Gasteiger partial charge in [0.15, 0.2) is 5.16 Å². The van der Waals surface area contributed by atoms with Gasteiger partial charge in [0, 0.05) is 24.4 Å². The maximum Gasteiger partial charge on any atom is 0.271 e. The molecule has 3 rings (SSSR count). The van der Waals surface area contributed by atoms with E-state index >= 15 is 0 Å². The third-order valence-electron chi connectivity index (χ3n) is 3.68. The van der Waals surface area contributed by atoms with Gasteiger partial charge in [0.2, 0.25) is 5.91 Å². The number of nitrogens with zero attached hydrogens (tertiary/aromatic N) is 3. The topological polar surface area (TPSA) is 90.1 Å². The van der Waals surface area contributed by atoms with E-state index in [2.05, 4.69) is 16.9 Å². The van der Waals surface area contributed by atoms with Gasteiger partial charge in [0.1, 0.15) is 5.82 Å². The van der Waals surface area contributed by atoms with Crippen molar-refractivity contribution < 1.29 is 14.1 Å². The van der Waals surface area contributed by atoms with E-state index < -0.39 is 4.92 Å². The average molecular weight is 386 g/mol. The third kappa shape index (κ3) is 4.14. The molecule has 0 fully saturated rings. The molecule has 0 saturated carbocycles. The molecule has 0 aliphatic rings. The first kappa shape index (κ1) is 18.6. The Kier molecular flexibility index (Phi) is 5.51. The normalized spacial score (nSPS) is 10.7. The molecule has 1 amide bonds. The van der Waals surface area contributed by atoms with E-state index in [1.165, 1.54) is 36.0 Å². The van der Waals surface area contributed by atoms with E-state index in [-0.39, 0.29) is 23.2 Å². The molecule has 9 heteroatoms. The lowest BCUT2D eigenvalue weighted by molar-refractivity contribution is -0.384.